The van der Waals surface area contributed by atoms with Crippen molar-refractivity contribution in [2.24, 2.45) is 0 Å². The molecule has 0 unspecified atom stereocenters. The summed E-state index contributed by atoms with van der Waals surface area (Å²) in [6.07, 6.45) is 3.97. The van der Waals surface area contributed by atoms with Crippen LogP contribution in [0.1, 0.15) is 62.9 Å². The highest BCUT2D eigenvalue weighted by Gasteiger charge is 2.27. The van der Waals surface area contributed by atoms with Crippen molar-refractivity contribution < 1.29 is 23.1 Å². The van der Waals surface area contributed by atoms with Crippen molar-refractivity contribution in [2.75, 3.05) is 13.6 Å². The van der Waals surface area contributed by atoms with E-state index in [2.05, 4.69) is 15.0 Å². The van der Waals surface area contributed by atoms with E-state index in [1.807, 2.05) is 13.8 Å². The lowest BCUT2D eigenvalue weighted by Crippen LogP contribution is -2.36. The summed E-state index contributed by atoms with van der Waals surface area (Å²) in [7, 11) is -2.04. The van der Waals surface area contributed by atoms with Crippen molar-refractivity contribution in [3.8, 4) is 10.4 Å². The smallest absolute Gasteiger partial charge is 0.404 e. The van der Waals surface area contributed by atoms with Gasteiger partial charge < -0.3 is 15.3 Å². The zero-order valence-electron chi connectivity index (χ0n) is 20.6. The number of carboxylic acid groups (broad SMARTS) is 1. The fourth-order valence-corrected chi connectivity index (χ4v) is 6.72. The number of amides is 2. The Morgan fingerprint density at radius 2 is 1.91 bits per heavy atom. The summed E-state index contributed by atoms with van der Waals surface area (Å²) in [6, 6.07) is 5.16. The lowest BCUT2D eigenvalue weighted by Gasteiger charge is -2.27. The van der Waals surface area contributed by atoms with Gasteiger partial charge in [-0.2, -0.15) is 0 Å². The molecular weight excluding hydrogens is 488 g/mol. The fourth-order valence-electron chi connectivity index (χ4n) is 4.22. The fraction of sp³-hybridized carbons (Fsp3) is 0.542. The lowest BCUT2D eigenvalue weighted by atomic mass is 9.86. The maximum atomic E-state index is 13.1. The van der Waals surface area contributed by atoms with E-state index in [1.54, 1.807) is 43.3 Å². The van der Waals surface area contributed by atoms with Gasteiger partial charge in [0.2, 0.25) is 15.9 Å². The highest BCUT2D eigenvalue weighted by atomic mass is 32.2. The molecule has 1 heterocycles. The molecule has 3 rings (SSSR count). The molecule has 2 amide bonds. The molecule has 1 aliphatic carbocycles. The van der Waals surface area contributed by atoms with Crippen molar-refractivity contribution in [1.82, 2.24) is 19.9 Å². The molecule has 0 atom stereocenters. The number of nitrogens with one attached hydrogen (secondary N) is 2. The van der Waals surface area contributed by atoms with Crippen LogP contribution in [0.3, 0.4) is 0 Å². The average molecular weight is 523 g/mol. The Hall–Kier alpha value is -2.50. The van der Waals surface area contributed by atoms with Crippen molar-refractivity contribution in [3.63, 3.8) is 0 Å². The zero-order chi connectivity index (χ0) is 25.8. The van der Waals surface area contributed by atoms with E-state index < -0.39 is 16.1 Å². The van der Waals surface area contributed by atoms with Gasteiger partial charge in [-0.1, -0.05) is 19.1 Å². The van der Waals surface area contributed by atoms with Crippen LogP contribution in [-0.4, -0.2) is 61.1 Å². The largest absolute Gasteiger partial charge is 0.465 e. The molecule has 1 aromatic heterocycles. The van der Waals surface area contributed by atoms with E-state index in [4.69, 9.17) is 5.11 Å². The van der Waals surface area contributed by atoms with E-state index in [-0.39, 0.29) is 41.8 Å². The summed E-state index contributed by atoms with van der Waals surface area (Å²) in [6.45, 7) is 5.84. The van der Waals surface area contributed by atoms with Gasteiger partial charge in [-0.25, -0.2) is 22.9 Å². The number of hydrogen-bond acceptors (Lipinski definition) is 6. The number of rotatable bonds is 9. The van der Waals surface area contributed by atoms with Gasteiger partial charge in [-0.3, -0.25) is 4.79 Å². The molecule has 0 saturated heterocycles. The van der Waals surface area contributed by atoms with Crippen molar-refractivity contribution in [3.05, 3.63) is 35.0 Å². The molecule has 9 nitrogen and oxygen atoms in total. The van der Waals surface area contributed by atoms with Gasteiger partial charge in [0.1, 0.15) is 0 Å². The minimum absolute atomic E-state index is 0.0370. The third-order valence-corrected chi connectivity index (χ3v) is 9.16. The predicted octanol–water partition coefficient (Wildman–Crippen LogP) is 3.81. The molecule has 192 valence electrons. The van der Waals surface area contributed by atoms with Gasteiger partial charge in [0.15, 0.2) is 0 Å². The molecule has 1 aromatic carbocycles. The number of thiazole rings is 1. The maximum absolute atomic E-state index is 13.1. The van der Waals surface area contributed by atoms with Crippen LogP contribution in [0, 0.1) is 0 Å². The summed E-state index contributed by atoms with van der Waals surface area (Å²) >= 11 is 1.47. The topological polar surface area (TPSA) is 129 Å². The minimum Gasteiger partial charge on any atom is -0.465 e. The number of nitrogens with zero attached hydrogens (tertiary/aromatic N) is 2. The average Bonchev–Trinajstić information content (AvgIpc) is 3.28. The molecule has 1 aliphatic rings. The third-order valence-electron chi connectivity index (χ3n) is 6.39. The highest BCUT2D eigenvalue weighted by molar-refractivity contribution is 7.89. The van der Waals surface area contributed by atoms with Crippen LogP contribution in [0.2, 0.25) is 0 Å². The molecule has 0 radical (unpaired) electrons. The summed E-state index contributed by atoms with van der Waals surface area (Å²) in [5, 5.41) is 12.4. The van der Waals surface area contributed by atoms with Crippen LogP contribution in [-0.2, 0) is 21.2 Å². The van der Waals surface area contributed by atoms with Gasteiger partial charge in [-0.05, 0) is 51.2 Å². The van der Waals surface area contributed by atoms with Gasteiger partial charge in [0.05, 0.1) is 21.2 Å². The van der Waals surface area contributed by atoms with Crippen LogP contribution in [0.25, 0.3) is 10.4 Å². The summed E-state index contributed by atoms with van der Waals surface area (Å²) in [5.74, 6) is 0.144. The van der Waals surface area contributed by atoms with Gasteiger partial charge in [0.25, 0.3) is 0 Å². The summed E-state index contributed by atoms with van der Waals surface area (Å²) in [5.41, 5.74) is 1.20. The number of carbonyl (C=O) groups is 2. The van der Waals surface area contributed by atoms with E-state index in [0.717, 1.165) is 35.6 Å². The Morgan fingerprint density at radius 3 is 2.51 bits per heavy atom. The molecule has 1 saturated carbocycles. The molecule has 0 spiro atoms. The summed E-state index contributed by atoms with van der Waals surface area (Å²) in [4.78, 5) is 30.6. The van der Waals surface area contributed by atoms with E-state index in [1.165, 1.54) is 11.3 Å². The monoisotopic (exact) mass is 522 g/mol. The standard InChI is InChI=1S/C24H34N4O5S2/c1-5-26-35(32,33)21-12-16(13-22(29)28(4)15(2)3)6-11-19(21)20-14-25-23(34-20)17-7-9-18(10-8-17)27-24(30)31/h6,11-12,14-15,17-18,26-27H,5,7-10,13H2,1-4H3,(H,30,31)/t17-,18-. The first-order chi connectivity index (χ1) is 16.5. The molecule has 11 heteroatoms. The first-order valence-electron chi connectivity index (χ1n) is 11.9. The lowest BCUT2D eigenvalue weighted by molar-refractivity contribution is -0.130. The molecule has 1 fully saturated rings. The number of hydrogen-bond donors (Lipinski definition) is 3. The van der Waals surface area contributed by atoms with Crippen LogP contribution >= 0.6 is 11.3 Å². The van der Waals surface area contributed by atoms with Crippen molar-refractivity contribution in [1.29, 1.82) is 0 Å². The molecule has 0 aliphatic heterocycles. The Kier molecular flexibility index (Phi) is 8.89. The van der Waals surface area contributed by atoms with Gasteiger partial charge in [0, 0.05) is 43.4 Å². The third kappa shape index (κ3) is 6.80. The number of aromatic nitrogens is 1. The Bertz CT molecular complexity index is 1150. The quantitative estimate of drug-likeness (QED) is 0.459. The van der Waals surface area contributed by atoms with E-state index in [9.17, 15) is 18.0 Å². The molecular formula is C24H34N4O5S2. The maximum Gasteiger partial charge on any atom is 0.404 e. The second-order valence-corrected chi connectivity index (χ2v) is 12.0. The number of sulfonamides is 1. The van der Waals surface area contributed by atoms with Crippen molar-refractivity contribution in [2.45, 2.75) is 75.8 Å². The molecule has 3 N–H and O–H groups in total. The second kappa shape index (κ2) is 11.5. The molecule has 2 aromatic rings. The number of likely N-dealkylation sites (N-methyl/N-ethyl adjacent to an activating group) is 1. The zero-order valence-corrected chi connectivity index (χ0v) is 22.2. The SMILES string of the molecule is CCNS(=O)(=O)c1cc(CC(=O)N(C)C(C)C)ccc1-c1cnc([C@H]2CC[C@H](NC(=O)O)CC2)s1. The van der Waals surface area contributed by atoms with Gasteiger partial charge >= 0.3 is 6.09 Å². The Labute approximate surface area is 211 Å². The van der Waals surface area contributed by atoms with E-state index >= 15 is 0 Å². The summed E-state index contributed by atoms with van der Waals surface area (Å²) < 4.78 is 28.7. The predicted molar refractivity (Wildman–Crippen MR) is 136 cm³/mol. The first kappa shape index (κ1) is 27.1. The van der Waals surface area contributed by atoms with Crippen molar-refractivity contribution >= 4 is 33.4 Å². The van der Waals surface area contributed by atoms with Crippen LogP contribution < -0.4 is 10.0 Å². The minimum atomic E-state index is -3.78. The van der Waals surface area contributed by atoms with Crippen LogP contribution in [0.5, 0.6) is 0 Å². The van der Waals surface area contributed by atoms with Gasteiger partial charge in [-0.15, -0.1) is 11.3 Å². The Morgan fingerprint density at radius 1 is 1.23 bits per heavy atom. The van der Waals surface area contributed by atoms with E-state index in [0.29, 0.717) is 11.1 Å². The second-order valence-electron chi connectivity index (χ2n) is 9.17. The number of benzene rings is 1. The normalized spacial score (nSPS) is 18.4. The van der Waals surface area contributed by atoms with Crippen LogP contribution in [0.4, 0.5) is 4.79 Å². The molecule has 35 heavy (non-hydrogen) atoms. The highest BCUT2D eigenvalue weighted by Crippen LogP contribution is 2.39. The Balaban J connectivity index is 1.87. The van der Waals surface area contributed by atoms with Crippen LogP contribution in [0.15, 0.2) is 29.3 Å². The number of carbonyl (C=O) groups excluding carboxylic acids is 1. The first-order valence-corrected chi connectivity index (χ1v) is 14.2. The molecule has 0 bridgehead atoms.